The van der Waals surface area contributed by atoms with E-state index >= 15 is 0 Å². The monoisotopic (exact) mass is 850 g/mol. The molecule has 1 saturated carbocycles. The maximum atomic E-state index is 14.7. The molecule has 0 radical (unpaired) electrons. The van der Waals surface area contributed by atoms with Gasteiger partial charge < -0.3 is 18.4 Å². The summed E-state index contributed by atoms with van der Waals surface area (Å²) in [5.41, 5.74) is 3.01. The average Bonchev–Trinajstić information content (AvgIpc) is 3.43. The highest BCUT2D eigenvalue weighted by Crippen LogP contribution is 2.52. The number of hydrogen-bond acceptors (Lipinski definition) is 7. The second-order valence-electron chi connectivity index (χ2n) is 22.1. The fraction of sp³-hybridized carbons (Fsp3) is 0.826. The minimum Gasteiger partial charge on any atom is -0.417 e. The lowest BCUT2D eigenvalue weighted by Crippen LogP contribution is -2.57. The molecule has 5 atom stereocenters. The summed E-state index contributed by atoms with van der Waals surface area (Å²) < 4.78 is 20.9. The zero-order valence-electron chi connectivity index (χ0n) is 39.9. The number of carbonyl (C=O) groups is 1. The van der Waals surface area contributed by atoms with Crippen LogP contribution < -0.4 is 0 Å². The van der Waals surface area contributed by atoms with Crippen molar-refractivity contribution in [2.75, 3.05) is 6.61 Å². The molecule has 0 amide bonds. The molecule has 0 unspecified atom stereocenters. The van der Waals surface area contributed by atoms with E-state index in [1.165, 1.54) is 11.1 Å². The molecule has 1 aliphatic carbocycles. The van der Waals surface area contributed by atoms with Gasteiger partial charge in [-0.3, -0.25) is 4.79 Å². The number of Topliss-reactive ketones (excluding diaryl/α,β-unsaturated/α-hetero) is 1. The lowest BCUT2D eigenvalue weighted by Gasteiger charge is -2.52. The molecule has 324 valence electrons. The molecule has 56 heavy (non-hydrogen) atoms. The largest absolute Gasteiger partial charge is 0.417 e. The Bertz CT molecular complexity index is 1470. The van der Waals surface area contributed by atoms with Crippen molar-refractivity contribution < 1.29 is 23.2 Å². The molecule has 0 spiro atoms. The van der Waals surface area contributed by atoms with Crippen LogP contribution in [0.4, 0.5) is 0 Å². The zero-order chi connectivity index (χ0) is 43.3. The molecule has 0 saturated heterocycles. The van der Waals surface area contributed by atoms with E-state index in [2.05, 4.69) is 145 Å². The first-order valence-corrected chi connectivity index (χ1v) is 31.4. The van der Waals surface area contributed by atoms with Gasteiger partial charge in [-0.25, -0.2) is 4.98 Å². The van der Waals surface area contributed by atoms with Crippen LogP contribution in [-0.2, 0) is 18.1 Å². The molecule has 1 fully saturated rings. The number of thiazole rings is 1. The Morgan fingerprint density at radius 1 is 0.893 bits per heavy atom. The van der Waals surface area contributed by atoms with Crippen LogP contribution in [-0.4, -0.2) is 65.7 Å². The summed E-state index contributed by atoms with van der Waals surface area (Å²) in [6.07, 6.45) is 10.7. The highest BCUT2D eigenvalue weighted by Gasteiger charge is 2.55. The first kappa shape index (κ1) is 51.4. The lowest BCUT2D eigenvalue weighted by molar-refractivity contribution is -0.152. The van der Waals surface area contributed by atoms with Gasteiger partial charge in [0.2, 0.25) is 0 Å². The Balaban J connectivity index is 2.16. The van der Waals surface area contributed by atoms with Crippen LogP contribution in [0.2, 0.25) is 54.4 Å². The number of aromatic nitrogens is 1. The van der Waals surface area contributed by atoms with Gasteiger partial charge in [-0.2, -0.15) is 0 Å². The summed E-state index contributed by atoms with van der Waals surface area (Å²) in [5.74, 6) is -0.237. The molecule has 6 nitrogen and oxygen atoms in total. The van der Waals surface area contributed by atoms with Gasteiger partial charge in [0.15, 0.2) is 25.0 Å². The van der Waals surface area contributed by atoms with E-state index in [4.69, 9.17) is 13.3 Å². The van der Waals surface area contributed by atoms with E-state index in [-0.39, 0.29) is 39.0 Å². The normalized spacial score (nSPS) is 19.3. The molecule has 1 aliphatic rings. The summed E-state index contributed by atoms with van der Waals surface area (Å²) >= 11 is 1.68. The number of allylic oxidation sites excluding steroid dienone is 1. The molecule has 0 aliphatic heterocycles. The number of nitrogens with zero attached hydrogens (tertiary/aromatic N) is 1. The minimum atomic E-state index is -2.18. The summed E-state index contributed by atoms with van der Waals surface area (Å²) in [5, 5.41) is 15.2. The van der Waals surface area contributed by atoms with Gasteiger partial charge in [-0.1, -0.05) is 94.2 Å². The molecule has 0 aromatic carbocycles. The second-order valence-corrected chi connectivity index (χ2v) is 37.5. The molecule has 1 aromatic heterocycles. The molecule has 2 rings (SSSR count). The Labute approximate surface area is 352 Å². The van der Waals surface area contributed by atoms with E-state index in [1.807, 2.05) is 13.8 Å². The topological polar surface area (TPSA) is 77.9 Å². The Morgan fingerprint density at radius 3 is 1.89 bits per heavy atom. The summed E-state index contributed by atoms with van der Waals surface area (Å²) in [4.78, 5) is 19.3. The summed E-state index contributed by atoms with van der Waals surface area (Å²) in [6, 6.07) is 0. The predicted molar refractivity (Wildman–Crippen MR) is 250 cm³/mol. The first-order chi connectivity index (χ1) is 25.3. The van der Waals surface area contributed by atoms with Crippen molar-refractivity contribution in [1.29, 1.82) is 0 Å². The molecule has 1 heterocycles. The van der Waals surface area contributed by atoms with Gasteiger partial charge in [0.25, 0.3) is 0 Å². The van der Waals surface area contributed by atoms with Crippen molar-refractivity contribution in [2.24, 2.45) is 17.3 Å². The van der Waals surface area contributed by atoms with Crippen LogP contribution in [0.3, 0.4) is 0 Å². The third-order valence-electron chi connectivity index (χ3n) is 14.4. The van der Waals surface area contributed by atoms with E-state index in [0.29, 0.717) is 6.61 Å². The third kappa shape index (κ3) is 13.6. The Kier molecular flexibility index (Phi) is 18.1. The lowest BCUT2D eigenvalue weighted by atomic mass is 9.59. The van der Waals surface area contributed by atoms with Crippen LogP contribution in [0.25, 0.3) is 6.08 Å². The maximum Gasteiger partial charge on any atom is 0.192 e. The van der Waals surface area contributed by atoms with Gasteiger partial charge in [0.1, 0.15) is 5.78 Å². The number of rotatable bonds is 21. The second kappa shape index (κ2) is 19.8. The first-order valence-electron chi connectivity index (χ1n) is 21.8. The molecular formula is C46H87NO5SSi3. The van der Waals surface area contributed by atoms with Crippen molar-refractivity contribution >= 4 is 48.1 Å². The van der Waals surface area contributed by atoms with Gasteiger partial charge in [0, 0.05) is 17.9 Å². The quantitative estimate of drug-likeness (QED) is 0.0981. The smallest absolute Gasteiger partial charge is 0.192 e. The van der Waals surface area contributed by atoms with Crippen LogP contribution >= 0.6 is 11.3 Å². The Hall–Kier alpha value is -0.729. The molecule has 1 N–H and O–H groups in total. The van der Waals surface area contributed by atoms with Gasteiger partial charge in [-0.05, 0) is 138 Å². The highest BCUT2D eigenvalue weighted by molar-refractivity contribution is 7.09. The Morgan fingerprint density at radius 2 is 1.43 bits per heavy atom. The summed E-state index contributed by atoms with van der Waals surface area (Å²) in [6.45, 7) is 45.5. The number of hydrogen-bond donors (Lipinski definition) is 1. The predicted octanol–water partition coefficient (Wildman–Crippen LogP) is 13.9. The number of carbonyl (C=O) groups excluding carboxylic acids is 1. The average molecular weight is 851 g/mol. The molecule has 1 aromatic rings. The van der Waals surface area contributed by atoms with Gasteiger partial charge >= 0.3 is 0 Å². The van der Waals surface area contributed by atoms with Crippen molar-refractivity contribution in [2.45, 2.75) is 221 Å². The number of aliphatic hydroxyl groups is 1. The zero-order valence-corrected chi connectivity index (χ0v) is 43.7. The minimum absolute atomic E-state index is 0.00217. The van der Waals surface area contributed by atoms with Crippen LogP contribution in [0.5, 0.6) is 0 Å². The molecule has 0 bridgehead atoms. The molecule has 10 heteroatoms. The van der Waals surface area contributed by atoms with Crippen LogP contribution in [0.1, 0.15) is 152 Å². The molecular weight excluding hydrogens is 763 g/mol. The van der Waals surface area contributed by atoms with E-state index < -0.39 is 42.4 Å². The van der Waals surface area contributed by atoms with E-state index in [9.17, 15) is 9.90 Å². The van der Waals surface area contributed by atoms with Crippen LogP contribution in [0, 0.1) is 24.2 Å². The van der Waals surface area contributed by atoms with Gasteiger partial charge in [0.05, 0.1) is 34.4 Å². The van der Waals surface area contributed by atoms with E-state index in [0.717, 1.165) is 62.1 Å². The SMILES string of the molecule is C/C(=C/C[C@H](O[Si](C)(C)C(C)(C)C)/C(C)=C/c1csc(C)n1)CCC[C@H](C)[C@H](O)[C@@H](C)C(=O)C1([C@H](CCO[Si](C)(C)C(C)(C)C)O[Si](C)(C)C(C)(C)C)CCC1. The third-order valence-corrected chi connectivity index (χ3v) is 28.7. The standard InChI is InChI=1S/C46H87NO5SSi3/c1-33(25-26-39(51-55(17,18)44(9,10)11)35(3)31-38-32-53-37(5)47-38)23-21-24-34(2)41(48)36(4)42(49)46(28-22-29-46)40(52-56(19,20)45(12,13)14)27-30-50-54(15,16)43(6,7)8/h25,31-32,34,36,39-41,48H,21-24,26-30H2,1-20H3/b33-25-,35-31+/t34-,36+,39-,40-,41-/m0/s1. The van der Waals surface area contributed by atoms with Crippen molar-refractivity contribution in [3.05, 3.63) is 33.3 Å². The fourth-order valence-corrected chi connectivity index (χ4v) is 11.3. The summed E-state index contributed by atoms with van der Waals surface area (Å²) in [7, 11) is -6.14. The number of aryl methyl sites for hydroxylation is 1. The van der Waals surface area contributed by atoms with Crippen LogP contribution in [0.15, 0.2) is 22.6 Å². The van der Waals surface area contributed by atoms with Gasteiger partial charge in [-0.15, -0.1) is 11.3 Å². The van der Waals surface area contributed by atoms with Crippen molar-refractivity contribution in [1.82, 2.24) is 4.98 Å². The number of ketones is 1. The van der Waals surface area contributed by atoms with Crippen molar-refractivity contribution in [3.63, 3.8) is 0 Å². The van der Waals surface area contributed by atoms with E-state index in [1.54, 1.807) is 11.3 Å². The maximum absolute atomic E-state index is 14.7. The fourth-order valence-electron chi connectivity index (χ4n) is 6.92. The highest BCUT2D eigenvalue weighted by atomic mass is 32.1. The number of aliphatic hydroxyl groups excluding tert-OH is 1. The van der Waals surface area contributed by atoms with Crippen molar-refractivity contribution in [3.8, 4) is 0 Å².